The van der Waals surface area contributed by atoms with E-state index in [1.165, 1.54) is 18.4 Å². The highest BCUT2D eigenvalue weighted by atomic mass is 35.5. The number of nitrogens with zero attached hydrogens (tertiary/aromatic N) is 2. The lowest BCUT2D eigenvalue weighted by Crippen LogP contribution is -2.62. The molecule has 5 nitrogen and oxygen atoms in total. The van der Waals surface area contributed by atoms with Crippen molar-refractivity contribution in [3.8, 4) is 0 Å². The number of allylic oxidation sites excluding steroid dienone is 1. The molecular weight excluding hydrogens is 384 g/mol. The summed E-state index contributed by atoms with van der Waals surface area (Å²) < 4.78 is 24.8. The molecule has 27 heavy (non-hydrogen) atoms. The average molecular weight is 409 g/mol. The molecular formula is C20H25ClN2O3S. The van der Waals surface area contributed by atoms with Gasteiger partial charge in [0.15, 0.2) is 9.84 Å². The van der Waals surface area contributed by atoms with Crippen LogP contribution in [-0.4, -0.2) is 55.9 Å². The average Bonchev–Trinajstić information content (AvgIpc) is 2.95. The Hall–Kier alpha value is -1.37. The van der Waals surface area contributed by atoms with Gasteiger partial charge in [-0.2, -0.15) is 0 Å². The highest BCUT2D eigenvalue weighted by Crippen LogP contribution is 2.33. The first-order valence-corrected chi connectivity index (χ1v) is 11.8. The van der Waals surface area contributed by atoms with Gasteiger partial charge in [-0.05, 0) is 50.3 Å². The van der Waals surface area contributed by atoms with Gasteiger partial charge in [0, 0.05) is 23.3 Å². The van der Waals surface area contributed by atoms with Crippen molar-refractivity contribution in [2.75, 3.05) is 29.5 Å². The number of halogens is 1. The standard InChI is InChI=1S/C20H25ClN2O3S/c21-16-7-4-8-17(11-16)23-19-14-27(25,26)13-18(19)22(12-20(23)24)10-9-15-5-2-1-3-6-15/h4-5,7-8,11,18-19H,1-3,6,9-10,12-14H2/t18-,19-/m0/s1. The van der Waals surface area contributed by atoms with Crippen LogP contribution in [0, 0.1) is 0 Å². The number of hydrogen-bond donors (Lipinski definition) is 0. The number of piperazine rings is 1. The molecule has 1 amide bonds. The Bertz CT molecular complexity index is 868. The molecule has 4 rings (SSSR count). The van der Waals surface area contributed by atoms with Crippen LogP contribution >= 0.6 is 11.6 Å². The molecule has 0 unspecified atom stereocenters. The molecule has 7 heteroatoms. The fourth-order valence-corrected chi connectivity index (χ4v) is 6.75. The lowest BCUT2D eigenvalue weighted by atomic mass is 9.96. The van der Waals surface area contributed by atoms with Crippen LogP contribution in [0.3, 0.4) is 0 Å². The SMILES string of the molecule is O=C1CN(CCC2=CCCCC2)[C@H]2CS(=O)(=O)C[C@@H]2N1c1cccc(Cl)c1. The number of anilines is 1. The maximum atomic E-state index is 13.0. The molecule has 146 valence electrons. The van der Waals surface area contributed by atoms with Gasteiger partial charge in [-0.1, -0.05) is 29.3 Å². The summed E-state index contributed by atoms with van der Waals surface area (Å²) in [5.41, 5.74) is 2.14. The smallest absolute Gasteiger partial charge is 0.241 e. The maximum Gasteiger partial charge on any atom is 0.241 e. The fraction of sp³-hybridized carbons (Fsp3) is 0.550. The van der Waals surface area contributed by atoms with Crippen LogP contribution in [0.25, 0.3) is 0 Å². The number of amides is 1. The van der Waals surface area contributed by atoms with Crippen molar-refractivity contribution in [1.29, 1.82) is 0 Å². The second-order valence-corrected chi connectivity index (χ2v) is 10.4. The number of hydrogen-bond acceptors (Lipinski definition) is 4. The Morgan fingerprint density at radius 1 is 1.15 bits per heavy atom. The lowest BCUT2D eigenvalue weighted by molar-refractivity contribution is -0.123. The second kappa shape index (κ2) is 7.57. The van der Waals surface area contributed by atoms with E-state index in [0.717, 1.165) is 25.8 Å². The molecule has 1 aromatic carbocycles. The molecule has 0 aromatic heterocycles. The van der Waals surface area contributed by atoms with Crippen molar-refractivity contribution >= 4 is 33.0 Å². The van der Waals surface area contributed by atoms with E-state index in [-0.39, 0.29) is 36.0 Å². The fourth-order valence-electron chi connectivity index (χ4n) is 4.58. The summed E-state index contributed by atoms with van der Waals surface area (Å²) in [7, 11) is -3.16. The van der Waals surface area contributed by atoms with Gasteiger partial charge in [-0.3, -0.25) is 9.69 Å². The largest absolute Gasteiger partial charge is 0.306 e. The molecule has 2 aliphatic heterocycles. The number of carbonyl (C=O) groups is 1. The Balaban J connectivity index is 1.57. The van der Waals surface area contributed by atoms with Crippen molar-refractivity contribution < 1.29 is 13.2 Å². The van der Waals surface area contributed by atoms with Gasteiger partial charge in [0.25, 0.3) is 0 Å². The lowest BCUT2D eigenvalue weighted by Gasteiger charge is -2.43. The third kappa shape index (κ3) is 4.08. The molecule has 1 aromatic rings. The quantitative estimate of drug-likeness (QED) is 0.718. The van der Waals surface area contributed by atoms with Gasteiger partial charge < -0.3 is 4.90 Å². The monoisotopic (exact) mass is 408 g/mol. The molecule has 0 spiro atoms. The minimum absolute atomic E-state index is 0.0229. The first-order valence-electron chi connectivity index (χ1n) is 9.63. The van der Waals surface area contributed by atoms with Crippen LogP contribution < -0.4 is 4.90 Å². The van der Waals surface area contributed by atoms with Crippen molar-refractivity contribution in [2.24, 2.45) is 0 Å². The summed E-state index contributed by atoms with van der Waals surface area (Å²) in [6.07, 6.45) is 7.99. The van der Waals surface area contributed by atoms with Crippen LogP contribution in [0.5, 0.6) is 0 Å². The van der Waals surface area contributed by atoms with Gasteiger partial charge in [0.05, 0.1) is 24.1 Å². The zero-order valence-corrected chi connectivity index (χ0v) is 16.9. The van der Waals surface area contributed by atoms with Gasteiger partial charge in [0.2, 0.25) is 5.91 Å². The summed E-state index contributed by atoms with van der Waals surface area (Å²) >= 11 is 6.10. The third-order valence-corrected chi connectivity index (χ3v) is 7.83. The predicted molar refractivity (Wildman–Crippen MR) is 108 cm³/mol. The van der Waals surface area contributed by atoms with Crippen LogP contribution in [0.15, 0.2) is 35.9 Å². The normalized spacial score (nSPS) is 28.1. The molecule has 0 N–H and O–H groups in total. The third-order valence-electron chi connectivity index (χ3n) is 5.89. The van der Waals surface area contributed by atoms with Crippen molar-refractivity contribution in [1.82, 2.24) is 4.90 Å². The summed E-state index contributed by atoms with van der Waals surface area (Å²) in [6, 6.07) is 6.64. The first kappa shape index (κ1) is 19.0. The van der Waals surface area contributed by atoms with E-state index in [2.05, 4.69) is 11.0 Å². The van der Waals surface area contributed by atoms with E-state index in [4.69, 9.17) is 11.6 Å². The number of benzene rings is 1. The van der Waals surface area contributed by atoms with Crippen LogP contribution in [0.1, 0.15) is 32.1 Å². The van der Waals surface area contributed by atoms with E-state index in [1.807, 2.05) is 6.07 Å². The molecule has 0 bridgehead atoms. The molecule has 0 radical (unpaired) electrons. The van der Waals surface area contributed by atoms with E-state index in [1.54, 1.807) is 23.1 Å². The van der Waals surface area contributed by atoms with Crippen LogP contribution in [-0.2, 0) is 14.6 Å². The zero-order chi connectivity index (χ0) is 19.0. The van der Waals surface area contributed by atoms with Crippen molar-refractivity contribution in [2.45, 2.75) is 44.2 Å². The summed E-state index contributed by atoms with van der Waals surface area (Å²) in [5.74, 6) is 0.101. The van der Waals surface area contributed by atoms with E-state index in [0.29, 0.717) is 10.7 Å². The Morgan fingerprint density at radius 3 is 2.70 bits per heavy atom. The van der Waals surface area contributed by atoms with E-state index < -0.39 is 9.84 Å². The topological polar surface area (TPSA) is 57.7 Å². The number of rotatable bonds is 4. The molecule has 3 aliphatic rings. The highest BCUT2D eigenvalue weighted by Gasteiger charge is 2.49. The van der Waals surface area contributed by atoms with E-state index >= 15 is 0 Å². The molecule has 2 atom stereocenters. The van der Waals surface area contributed by atoms with Crippen molar-refractivity contribution in [3.05, 3.63) is 40.9 Å². The van der Waals surface area contributed by atoms with Gasteiger partial charge >= 0.3 is 0 Å². The summed E-state index contributed by atoms with van der Waals surface area (Å²) in [6.45, 7) is 1.01. The molecule has 2 fully saturated rings. The minimum Gasteiger partial charge on any atom is -0.306 e. The Kier molecular flexibility index (Phi) is 5.32. The number of fused-ring (bicyclic) bond motifs is 1. The number of sulfone groups is 1. The van der Waals surface area contributed by atoms with Gasteiger partial charge in [-0.15, -0.1) is 0 Å². The Labute approximate surface area is 165 Å². The molecule has 1 aliphatic carbocycles. The minimum atomic E-state index is -3.16. The maximum absolute atomic E-state index is 13.0. The number of carbonyl (C=O) groups excluding carboxylic acids is 1. The summed E-state index contributed by atoms with van der Waals surface area (Å²) in [5, 5.41) is 0.546. The molecule has 2 heterocycles. The predicted octanol–water partition coefficient (Wildman–Crippen LogP) is 3.04. The first-order chi connectivity index (χ1) is 12.9. The summed E-state index contributed by atoms with van der Waals surface area (Å²) in [4.78, 5) is 16.7. The van der Waals surface area contributed by atoms with Gasteiger partial charge in [0.1, 0.15) is 0 Å². The van der Waals surface area contributed by atoms with E-state index in [9.17, 15) is 13.2 Å². The molecule has 2 saturated heterocycles. The van der Waals surface area contributed by atoms with Crippen molar-refractivity contribution in [3.63, 3.8) is 0 Å². The van der Waals surface area contributed by atoms with Crippen LogP contribution in [0.2, 0.25) is 5.02 Å². The van der Waals surface area contributed by atoms with Gasteiger partial charge in [-0.25, -0.2) is 8.42 Å². The van der Waals surface area contributed by atoms with Crippen LogP contribution in [0.4, 0.5) is 5.69 Å². The Morgan fingerprint density at radius 2 is 1.96 bits per heavy atom. The highest BCUT2D eigenvalue weighted by molar-refractivity contribution is 7.91. The molecule has 0 saturated carbocycles. The second-order valence-electron chi connectivity index (χ2n) is 7.78. The zero-order valence-electron chi connectivity index (χ0n) is 15.3.